The Balaban J connectivity index is 2.46. The first-order valence-corrected chi connectivity index (χ1v) is 12.8. The van der Waals surface area contributed by atoms with Crippen LogP contribution in [0.1, 0.15) is 25.8 Å². The third-order valence-corrected chi connectivity index (χ3v) is 6.41. The van der Waals surface area contributed by atoms with Crippen LogP contribution in [0.4, 0.5) is 5.69 Å². The highest BCUT2D eigenvalue weighted by Crippen LogP contribution is 2.29. The number of hydrogen-bond acceptors (Lipinski definition) is 5. The molecule has 0 unspecified atom stereocenters. The van der Waals surface area contributed by atoms with Gasteiger partial charge in [-0.2, -0.15) is 0 Å². The molecular weight excluding hydrogens is 466 g/mol. The lowest BCUT2D eigenvalue weighted by Crippen LogP contribution is -2.52. The summed E-state index contributed by atoms with van der Waals surface area (Å²) in [5, 5.41) is 3.30. The molecule has 2 rings (SSSR count). The van der Waals surface area contributed by atoms with E-state index in [1.165, 1.54) is 12.0 Å². The van der Waals surface area contributed by atoms with E-state index >= 15 is 0 Å². The Bertz CT molecular complexity index is 1060. The Hall–Kier alpha value is -2.78. The quantitative estimate of drug-likeness (QED) is 0.517. The van der Waals surface area contributed by atoms with Crippen molar-refractivity contribution in [1.29, 1.82) is 0 Å². The number of halogens is 1. The van der Waals surface area contributed by atoms with Crippen molar-refractivity contribution < 1.29 is 22.7 Å². The third kappa shape index (κ3) is 7.10. The first-order valence-electron chi connectivity index (χ1n) is 10.5. The van der Waals surface area contributed by atoms with Crippen molar-refractivity contribution in [3.63, 3.8) is 0 Å². The monoisotopic (exact) mass is 495 g/mol. The summed E-state index contributed by atoms with van der Waals surface area (Å²) in [7, 11) is -2.41. The molecule has 0 saturated heterocycles. The van der Waals surface area contributed by atoms with Gasteiger partial charge in [-0.15, -0.1) is 0 Å². The maximum atomic E-state index is 13.5. The predicted octanol–water partition coefficient (Wildman–Crippen LogP) is 3.06. The number of nitrogens with one attached hydrogen (secondary N) is 1. The first-order chi connectivity index (χ1) is 15.6. The van der Waals surface area contributed by atoms with Gasteiger partial charge in [0.2, 0.25) is 21.8 Å². The molecule has 0 radical (unpaired) electrons. The molecule has 0 aliphatic heterocycles. The number of carbonyl (C=O) groups is 2. The van der Waals surface area contributed by atoms with Gasteiger partial charge in [0.15, 0.2) is 0 Å². The van der Waals surface area contributed by atoms with Gasteiger partial charge in [0.1, 0.15) is 18.3 Å². The number of amides is 2. The highest BCUT2D eigenvalue weighted by molar-refractivity contribution is 7.92. The van der Waals surface area contributed by atoms with Crippen molar-refractivity contribution in [2.45, 2.75) is 32.9 Å². The number of para-hydroxylation sites is 2. The van der Waals surface area contributed by atoms with Gasteiger partial charge in [-0.05, 0) is 43.2 Å². The smallest absolute Gasteiger partial charge is 0.244 e. The van der Waals surface area contributed by atoms with E-state index in [4.69, 9.17) is 16.3 Å². The molecular formula is C23H30ClN3O5S. The minimum Gasteiger partial charge on any atom is -0.495 e. The number of carbonyl (C=O) groups excluding carboxylic acids is 2. The van der Waals surface area contributed by atoms with Crippen LogP contribution in [0.15, 0.2) is 48.5 Å². The fourth-order valence-electron chi connectivity index (χ4n) is 3.43. The molecule has 2 amide bonds. The van der Waals surface area contributed by atoms with Gasteiger partial charge < -0.3 is 15.0 Å². The van der Waals surface area contributed by atoms with Gasteiger partial charge in [-0.25, -0.2) is 8.42 Å². The molecule has 0 bridgehead atoms. The lowest BCUT2D eigenvalue weighted by atomic mass is 10.1. The Kier molecular flexibility index (Phi) is 9.55. The van der Waals surface area contributed by atoms with Gasteiger partial charge in [-0.3, -0.25) is 13.9 Å². The number of methoxy groups -OCH3 is 1. The molecule has 8 nitrogen and oxygen atoms in total. The van der Waals surface area contributed by atoms with Crippen molar-refractivity contribution in [2.75, 3.05) is 30.8 Å². The Morgan fingerprint density at radius 2 is 1.73 bits per heavy atom. The van der Waals surface area contributed by atoms with E-state index in [-0.39, 0.29) is 18.1 Å². The zero-order valence-electron chi connectivity index (χ0n) is 19.2. The zero-order chi connectivity index (χ0) is 24.6. The molecule has 0 heterocycles. The molecule has 180 valence electrons. The summed E-state index contributed by atoms with van der Waals surface area (Å²) < 4.78 is 31.6. The number of rotatable bonds is 11. The molecule has 2 aromatic carbocycles. The molecule has 1 N–H and O–H groups in total. The molecule has 0 spiro atoms. The number of hydrogen-bond donors (Lipinski definition) is 1. The van der Waals surface area contributed by atoms with Crippen molar-refractivity contribution >= 4 is 39.1 Å². The maximum Gasteiger partial charge on any atom is 0.244 e. The van der Waals surface area contributed by atoms with Crippen LogP contribution in [0.5, 0.6) is 5.75 Å². The number of nitrogens with zero attached hydrogens (tertiary/aromatic N) is 2. The Morgan fingerprint density at radius 1 is 1.09 bits per heavy atom. The summed E-state index contributed by atoms with van der Waals surface area (Å²) in [6.45, 7) is 3.65. The molecule has 0 fully saturated rings. The Labute approximate surface area is 200 Å². The predicted molar refractivity (Wildman–Crippen MR) is 130 cm³/mol. The van der Waals surface area contributed by atoms with E-state index in [2.05, 4.69) is 5.32 Å². The highest BCUT2D eigenvalue weighted by atomic mass is 35.5. The number of benzene rings is 2. The van der Waals surface area contributed by atoms with Gasteiger partial charge in [-0.1, -0.05) is 42.8 Å². The summed E-state index contributed by atoms with van der Waals surface area (Å²) >= 11 is 5.98. The zero-order valence-corrected chi connectivity index (χ0v) is 20.8. The van der Waals surface area contributed by atoms with Crippen LogP contribution in [0, 0.1) is 0 Å². The minimum absolute atomic E-state index is 0.120. The van der Waals surface area contributed by atoms with Crippen molar-refractivity contribution in [1.82, 2.24) is 10.2 Å². The molecule has 1 atom stereocenters. The fourth-order valence-corrected chi connectivity index (χ4v) is 4.41. The van der Waals surface area contributed by atoms with E-state index < -0.39 is 28.5 Å². The SMILES string of the molecule is CCNC(=O)[C@@H](CC)N(Cc1ccc(Cl)cc1)C(=O)CN(c1ccccc1OC)S(C)(=O)=O. The van der Waals surface area contributed by atoms with Crippen molar-refractivity contribution in [3.8, 4) is 5.75 Å². The second-order valence-electron chi connectivity index (χ2n) is 7.41. The normalized spacial score (nSPS) is 12.0. The molecule has 0 saturated carbocycles. The maximum absolute atomic E-state index is 13.5. The lowest BCUT2D eigenvalue weighted by Gasteiger charge is -2.33. The van der Waals surface area contributed by atoms with E-state index in [9.17, 15) is 18.0 Å². The average Bonchev–Trinajstić information content (AvgIpc) is 2.78. The Morgan fingerprint density at radius 3 is 2.27 bits per heavy atom. The van der Waals surface area contributed by atoms with Crippen LogP contribution in [-0.2, 0) is 26.2 Å². The van der Waals surface area contributed by atoms with Crippen LogP contribution >= 0.6 is 11.6 Å². The molecule has 0 aliphatic rings. The minimum atomic E-state index is -3.83. The first kappa shape index (κ1) is 26.5. The van der Waals surface area contributed by atoms with Gasteiger partial charge in [0, 0.05) is 18.1 Å². The molecule has 2 aromatic rings. The largest absolute Gasteiger partial charge is 0.495 e. The topological polar surface area (TPSA) is 96.0 Å². The van der Waals surface area contributed by atoms with Gasteiger partial charge in [0.25, 0.3) is 0 Å². The molecule has 10 heteroatoms. The van der Waals surface area contributed by atoms with E-state index in [1.54, 1.807) is 62.4 Å². The van der Waals surface area contributed by atoms with Crippen LogP contribution < -0.4 is 14.4 Å². The van der Waals surface area contributed by atoms with Crippen molar-refractivity contribution in [2.24, 2.45) is 0 Å². The van der Waals surface area contributed by atoms with Gasteiger partial charge in [0.05, 0.1) is 19.1 Å². The molecule has 0 aliphatic carbocycles. The number of likely N-dealkylation sites (N-methyl/N-ethyl adjacent to an activating group) is 1. The van der Waals surface area contributed by atoms with Crippen molar-refractivity contribution in [3.05, 3.63) is 59.1 Å². The number of sulfonamides is 1. The van der Waals surface area contributed by atoms with E-state index in [0.717, 1.165) is 16.1 Å². The summed E-state index contributed by atoms with van der Waals surface area (Å²) in [5.74, 6) is -0.499. The summed E-state index contributed by atoms with van der Waals surface area (Å²) in [5.41, 5.74) is 1.01. The third-order valence-electron chi connectivity index (χ3n) is 5.04. The standard InChI is InChI=1S/C23H30ClN3O5S/c1-5-19(23(29)25-6-2)26(15-17-11-13-18(24)14-12-17)22(28)16-27(33(4,30)31)20-9-7-8-10-21(20)32-3/h7-14,19H,5-6,15-16H2,1-4H3,(H,25,29)/t19-/m1/s1. The fraction of sp³-hybridized carbons (Fsp3) is 0.391. The second-order valence-corrected chi connectivity index (χ2v) is 9.75. The molecule has 0 aromatic heterocycles. The van der Waals surface area contributed by atoms with E-state index in [0.29, 0.717) is 23.7 Å². The van der Waals surface area contributed by atoms with Crippen LogP contribution in [-0.4, -0.2) is 57.6 Å². The van der Waals surface area contributed by atoms with Crippen LogP contribution in [0.3, 0.4) is 0 Å². The second kappa shape index (κ2) is 11.9. The van der Waals surface area contributed by atoms with E-state index in [1.807, 2.05) is 0 Å². The van der Waals surface area contributed by atoms with Crippen LogP contribution in [0.2, 0.25) is 5.02 Å². The highest BCUT2D eigenvalue weighted by Gasteiger charge is 2.32. The summed E-state index contributed by atoms with van der Waals surface area (Å²) in [6.07, 6.45) is 1.38. The van der Waals surface area contributed by atoms with Crippen LogP contribution in [0.25, 0.3) is 0 Å². The molecule has 33 heavy (non-hydrogen) atoms. The number of ether oxygens (including phenoxy) is 1. The lowest BCUT2D eigenvalue weighted by molar-refractivity contribution is -0.140. The van der Waals surface area contributed by atoms with Gasteiger partial charge >= 0.3 is 0 Å². The summed E-state index contributed by atoms with van der Waals surface area (Å²) in [4.78, 5) is 27.7. The summed E-state index contributed by atoms with van der Waals surface area (Å²) in [6, 6.07) is 12.7. The number of anilines is 1. The average molecular weight is 496 g/mol.